The first-order valence-corrected chi connectivity index (χ1v) is 6.11. The summed E-state index contributed by atoms with van der Waals surface area (Å²) in [5.74, 6) is -0.189. The number of nitro benzene ring substituents is 1. The largest absolute Gasteiger partial charge is 0.505 e. The zero-order valence-electron chi connectivity index (χ0n) is 11.2. The van der Waals surface area contributed by atoms with Crippen molar-refractivity contribution in [1.82, 2.24) is 0 Å². The third-order valence-corrected chi connectivity index (χ3v) is 2.83. The predicted molar refractivity (Wildman–Crippen MR) is 76.0 cm³/mol. The van der Waals surface area contributed by atoms with Gasteiger partial charge in [0.2, 0.25) is 0 Å². The zero-order valence-corrected chi connectivity index (χ0v) is 11.2. The van der Waals surface area contributed by atoms with Crippen molar-refractivity contribution in [1.29, 1.82) is 0 Å². The van der Waals surface area contributed by atoms with E-state index < -0.39 is 4.92 Å². The normalized spacial score (nSPS) is 11.0. The molecule has 2 aromatic carbocycles. The quantitative estimate of drug-likeness (QED) is 0.509. The van der Waals surface area contributed by atoms with Crippen LogP contribution in [0.2, 0.25) is 0 Å². The monoisotopic (exact) mass is 287 g/mol. The number of phenols is 1. The Morgan fingerprint density at radius 2 is 1.86 bits per heavy atom. The molecule has 0 bridgehead atoms. The lowest BCUT2D eigenvalue weighted by molar-refractivity contribution is -0.384. The molecule has 0 aliphatic rings. The number of nitrogens with zero attached hydrogens (tertiary/aromatic N) is 3. The molecule has 0 spiro atoms. The van der Waals surface area contributed by atoms with E-state index in [2.05, 4.69) is 10.2 Å². The smallest absolute Gasteiger partial charge is 0.296 e. The molecule has 0 atom stereocenters. The van der Waals surface area contributed by atoms with Gasteiger partial charge in [0.05, 0.1) is 11.5 Å². The maximum Gasteiger partial charge on any atom is 0.296 e. The maximum absolute atomic E-state index is 10.9. The standard InChI is InChI=1S/C14H13N3O4/c1-9-6-10(8-18)14(19)12(7-9)16-15-11-4-2-3-5-13(11)17(20)21/h2-7,18-19H,8H2,1H3. The minimum absolute atomic E-state index is 0.0916. The first kappa shape index (κ1) is 14.6. The number of benzene rings is 2. The van der Waals surface area contributed by atoms with Crippen LogP contribution in [0, 0.1) is 17.0 Å². The minimum atomic E-state index is -0.552. The molecule has 0 aromatic heterocycles. The van der Waals surface area contributed by atoms with E-state index in [9.17, 15) is 15.2 Å². The van der Waals surface area contributed by atoms with Gasteiger partial charge in [0.15, 0.2) is 5.69 Å². The summed E-state index contributed by atoms with van der Waals surface area (Å²) in [4.78, 5) is 10.3. The Hall–Kier alpha value is -2.80. The molecule has 2 aromatic rings. The van der Waals surface area contributed by atoms with Crippen molar-refractivity contribution in [3.8, 4) is 5.75 Å². The van der Waals surface area contributed by atoms with Crippen LogP contribution in [0.4, 0.5) is 17.1 Å². The fourth-order valence-electron chi connectivity index (χ4n) is 1.84. The number of rotatable bonds is 4. The van der Waals surface area contributed by atoms with Crippen LogP contribution < -0.4 is 0 Å². The van der Waals surface area contributed by atoms with E-state index in [0.717, 1.165) is 5.56 Å². The molecule has 7 heteroatoms. The molecule has 0 amide bonds. The summed E-state index contributed by atoms with van der Waals surface area (Å²) in [5.41, 5.74) is 1.18. The highest BCUT2D eigenvalue weighted by atomic mass is 16.6. The van der Waals surface area contributed by atoms with Gasteiger partial charge in [-0.05, 0) is 30.7 Å². The van der Waals surface area contributed by atoms with Gasteiger partial charge in [0, 0.05) is 11.6 Å². The van der Waals surface area contributed by atoms with E-state index in [1.54, 1.807) is 25.1 Å². The van der Waals surface area contributed by atoms with E-state index in [1.165, 1.54) is 18.2 Å². The molecular formula is C14H13N3O4. The van der Waals surface area contributed by atoms with Crippen LogP contribution in [-0.4, -0.2) is 15.1 Å². The molecule has 2 N–H and O–H groups in total. The number of aliphatic hydroxyl groups is 1. The van der Waals surface area contributed by atoms with Gasteiger partial charge in [-0.15, -0.1) is 10.2 Å². The molecule has 0 unspecified atom stereocenters. The summed E-state index contributed by atoms with van der Waals surface area (Å²) in [5, 5.41) is 37.6. The zero-order chi connectivity index (χ0) is 15.4. The van der Waals surface area contributed by atoms with Gasteiger partial charge in [0.25, 0.3) is 5.69 Å². The number of para-hydroxylation sites is 1. The van der Waals surface area contributed by atoms with Crippen molar-refractivity contribution in [2.75, 3.05) is 0 Å². The van der Waals surface area contributed by atoms with Crippen LogP contribution in [0.25, 0.3) is 0 Å². The van der Waals surface area contributed by atoms with Gasteiger partial charge in [-0.1, -0.05) is 12.1 Å². The topological polar surface area (TPSA) is 108 Å². The number of azo groups is 1. The van der Waals surface area contributed by atoms with Crippen LogP contribution in [0.15, 0.2) is 46.6 Å². The highest BCUT2D eigenvalue weighted by Crippen LogP contribution is 2.34. The predicted octanol–water partition coefficient (Wildman–Crippen LogP) is 3.52. The first-order valence-electron chi connectivity index (χ1n) is 6.11. The van der Waals surface area contributed by atoms with Gasteiger partial charge >= 0.3 is 0 Å². The fourth-order valence-corrected chi connectivity index (χ4v) is 1.84. The number of hydrogen-bond donors (Lipinski definition) is 2. The van der Waals surface area contributed by atoms with Gasteiger partial charge in [-0.2, -0.15) is 0 Å². The molecule has 0 saturated heterocycles. The molecule has 21 heavy (non-hydrogen) atoms. The van der Waals surface area contributed by atoms with Crippen molar-refractivity contribution in [3.05, 3.63) is 57.6 Å². The Morgan fingerprint density at radius 3 is 2.52 bits per heavy atom. The summed E-state index contributed by atoms with van der Waals surface area (Å²) in [6.07, 6.45) is 0. The molecule has 0 aliphatic heterocycles. The van der Waals surface area contributed by atoms with E-state index in [-0.39, 0.29) is 29.4 Å². The maximum atomic E-state index is 10.9. The highest BCUT2D eigenvalue weighted by Gasteiger charge is 2.12. The molecule has 0 fully saturated rings. The highest BCUT2D eigenvalue weighted by molar-refractivity contribution is 5.59. The Morgan fingerprint density at radius 1 is 1.19 bits per heavy atom. The average molecular weight is 287 g/mol. The van der Waals surface area contributed by atoms with Gasteiger partial charge in [0.1, 0.15) is 11.4 Å². The molecule has 7 nitrogen and oxygen atoms in total. The third-order valence-electron chi connectivity index (χ3n) is 2.83. The Balaban J connectivity index is 2.43. The third kappa shape index (κ3) is 3.21. The van der Waals surface area contributed by atoms with Gasteiger partial charge < -0.3 is 10.2 Å². The van der Waals surface area contributed by atoms with Crippen molar-refractivity contribution >= 4 is 17.1 Å². The summed E-state index contributed by atoms with van der Waals surface area (Å²) in [6.45, 7) is 1.45. The van der Waals surface area contributed by atoms with E-state index in [0.29, 0.717) is 5.56 Å². The first-order chi connectivity index (χ1) is 10.0. The molecule has 0 radical (unpaired) electrons. The van der Waals surface area contributed by atoms with E-state index in [4.69, 9.17) is 5.11 Å². The van der Waals surface area contributed by atoms with Crippen molar-refractivity contribution in [3.63, 3.8) is 0 Å². The Labute approximate surface area is 120 Å². The van der Waals surface area contributed by atoms with Gasteiger partial charge in [-0.3, -0.25) is 10.1 Å². The lowest BCUT2D eigenvalue weighted by Gasteiger charge is -2.05. The van der Waals surface area contributed by atoms with Crippen LogP contribution in [0.1, 0.15) is 11.1 Å². The van der Waals surface area contributed by atoms with Crippen molar-refractivity contribution in [2.24, 2.45) is 10.2 Å². The summed E-state index contributed by atoms with van der Waals surface area (Å²) < 4.78 is 0. The molecule has 2 rings (SSSR count). The van der Waals surface area contributed by atoms with Gasteiger partial charge in [-0.25, -0.2) is 0 Å². The molecular weight excluding hydrogens is 274 g/mol. The number of aliphatic hydroxyl groups excluding tert-OH is 1. The van der Waals surface area contributed by atoms with Crippen LogP contribution in [0.5, 0.6) is 5.75 Å². The second kappa shape index (κ2) is 6.10. The van der Waals surface area contributed by atoms with Crippen molar-refractivity contribution in [2.45, 2.75) is 13.5 Å². The fraction of sp³-hybridized carbons (Fsp3) is 0.143. The second-order valence-electron chi connectivity index (χ2n) is 4.40. The minimum Gasteiger partial charge on any atom is -0.505 e. The van der Waals surface area contributed by atoms with Crippen molar-refractivity contribution < 1.29 is 15.1 Å². The lowest BCUT2D eigenvalue weighted by Crippen LogP contribution is -1.87. The number of aryl methyl sites for hydroxylation is 1. The van der Waals surface area contributed by atoms with Crippen LogP contribution >= 0.6 is 0 Å². The number of aromatic hydroxyl groups is 1. The molecule has 0 aliphatic carbocycles. The van der Waals surface area contributed by atoms with Crippen LogP contribution in [-0.2, 0) is 6.61 Å². The number of nitro groups is 1. The molecule has 0 saturated carbocycles. The number of hydrogen-bond acceptors (Lipinski definition) is 6. The second-order valence-corrected chi connectivity index (χ2v) is 4.40. The average Bonchev–Trinajstić information content (AvgIpc) is 2.47. The summed E-state index contributed by atoms with van der Waals surface area (Å²) >= 11 is 0. The Kier molecular flexibility index (Phi) is 4.24. The summed E-state index contributed by atoms with van der Waals surface area (Å²) in [6, 6.07) is 9.12. The SMILES string of the molecule is Cc1cc(CO)c(O)c(N=Nc2ccccc2[N+](=O)[O-])c1. The van der Waals surface area contributed by atoms with E-state index in [1.807, 2.05) is 0 Å². The van der Waals surface area contributed by atoms with E-state index >= 15 is 0 Å². The summed E-state index contributed by atoms with van der Waals surface area (Å²) in [7, 11) is 0. The Bertz CT molecular complexity index is 713. The van der Waals surface area contributed by atoms with Crippen LogP contribution in [0.3, 0.4) is 0 Å². The molecule has 108 valence electrons. The molecule has 0 heterocycles. The lowest BCUT2D eigenvalue weighted by atomic mass is 10.1.